The maximum atomic E-state index is 12.5. The number of nitrogens with zero attached hydrogens (tertiary/aromatic N) is 1. The first-order valence-electron chi connectivity index (χ1n) is 15.8. The number of amides is 1. The van der Waals surface area contributed by atoms with Crippen molar-refractivity contribution in [3.05, 3.63) is 130 Å². The third-order valence-corrected chi connectivity index (χ3v) is 7.51. The minimum atomic E-state index is -3.69. The number of carbonyl (C=O) groups is 1. The fourth-order valence-electron chi connectivity index (χ4n) is 4.85. The zero-order chi connectivity index (χ0) is 36.3. The van der Waals surface area contributed by atoms with E-state index in [-0.39, 0.29) is 5.91 Å². The molecule has 0 aliphatic carbocycles. The Morgan fingerprint density at radius 2 is 0.875 bits per heavy atom. The van der Waals surface area contributed by atoms with E-state index >= 15 is 0 Å². The van der Waals surface area contributed by atoms with Gasteiger partial charge in [0.1, 0.15) is 5.17 Å². The van der Waals surface area contributed by atoms with Crippen LogP contribution in [0.4, 0.5) is 11.4 Å². The quantitative estimate of drug-likeness (QED) is 0.140. The van der Waals surface area contributed by atoms with Gasteiger partial charge in [0.2, 0.25) is 0 Å². The summed E-state index contributed by atoms with van der Waals surface area (Å²) in [5.74, 6) is 1.53. The average Bonchev–Trinajstić information content (AvgIpc) is 3.00. The summed E-state index contributed by atoms with van der Waals surface area (Å²) in [6, 6.07) is 31.9. The van der Waals surface area contributed by atoms with E-state index < -0.39 is 3.37 Å². The van der Waals surface area contributed by atoms with Crippen molar-refractivity contribution in [2.45, 2.75) is 79.1 Å². The van der Waals surface area contributed by atoms with Gasteiger partial charge in [-0.15, -0.1) is 0 Å². The molecule has 0 radical (unpaired) electrons. The number of halogens is 6. The van der Waals surface area contributed by atoms with Gasteiger partial charge in [-0.1, -0.05) is 152 Å². The molecule has 4 rings (SSSR count). The number of aliphatic imine (C=N–C) groups is 1. The second-order valence-electron chi connectivity index (χ2n) is 12.4. The standard InChI is InChI=1S/C19H22ClN.C19H23NO.Cl5P/c1-13(2)16-11-8-12-17(14(3)4)18(16)21-19(20)15-9-6-5-7-10-15;1-13(2)16-11-8-12-17(14(3)4)18(16)20-19(21)15-9-6-5-7-10-15;1-6(2,3,4)5/h5-14H,1-4H3;5-14H,1-4H3,(H,20,21);. The number of anilines is 1. The van der Waals surface area contributed by atoms with Gasteiger partial charge in [-0.05, 0) is 58.1 Å². The van der Waals surface area contributed by atoms with E-state index in [1.54, 1.807) is 0 Å². The molecule has 0 unspecified atom stereocenters. The first kappa shape index (κ1) is 42.4. The van der Waals surface area contributed by atoms with E-state index in [9.17, 15) is 4.79 Å². The van der Waals surface area contributed by atoms with Crippen LogP contribution in [0.25, 0.3) is 0 Å². The molecule has 0 saturated carbocycles. The summed E-state index contributed by atoms with van der Waals surface area (Å²) in [5.41, 5.74) is 8.49. The summed E-state index contributed by atoms with van der Waals surface area (Å²) in [6.45, 7) is 17.4. The first-order valence-corrected chi connectivity index (χ1v) is 22.9. The third-order valence-electron chi connectivity index (χ3n) is 7.21. The molecule has 0 fully saturated rings. The SMILES string of the molecule is CC(C)c1cccc(C(C)C)c1N=C(Cl)c1ccccc1.CC(C)c1cccc(C(C)C)c1NC(=O)c1ccccc1.ClP(Cl)(Cl)(Cl)Cl. The van der Waals surface area contributed by atoms with Gasteiger partial charge >= 0.3 is 59.6 Å². The molecule has 0 spiro atoms. The molecule has 0 bridgehead atoms. The summed E-state index contributed by atoms with van der Waals surface area (Å²) >= 11 is 31.3. The van der Waals surface area contributed by atoms with Gasteiger partial charge in [0, 0.05) is 16.8 Å². The molecule has 0 aliphatic rings. The van der Waals surface area contributed by atoms with Crippen molar-refractivity contribution in [2.24, 2.45) is 4.99 Å². The van der Waals surface area contributed by atoms with Crippen LogP contribution in [0.15, 0.2) is 102 Å². The Bertz CT molecular complexity index is 1580. The van der Waals surface area contributed by atoms with Crippen LogP contribution >= 0.6 is 71.2 Å². The zero-order valence-corrected chi connectivity index (χ0v) is 34.0. The molecule has 0 aliphatic heterocycles. The van der Waals surface area contributed by atoms with Gasteiger partial charge in [-0.25, -0.2) is 4.99 Å². The van der Waals surface area contributed by atoms with Crippen LogP contribution in [-0.2, 0) is 0 Å². The Morgan fingerprint density at radius 1 is 0.542 bits per heavy atom. The molecule has 3 nitrogen and oxygen atoms in total. The Hall–Kier alpha value is -1.81. The number of benzene rings is 4. The van der Waals surface area contributed by atoms with Crippen LogP contribution in [0, 0.1) is 0 Å². The van der Waals surface area contributed by atoms with Crippen molar-refractivity contribution in [2.75, 3.05) is 5.32 Å². The van der Waals surface area contributed by atoms with Gasteiger partial charge in [0.25, 0.3) is 5.91 Å². The molecular formula is C38H45Cl6N2OP. The first-order chi connectivity index (χ1) is 22.2. The van der Waals surface area contributed by atoms with Gasteiger partial charge in [-0.2, -0.15) is 0 Å². The number of rotatable bonds is 8. The summed E-state index contributed by atoms with van der Waals surface area (Å²) in [7, 11) is 0. The van der Waals surface area contributed by atoms with Crippen molar-refractivity contribution in [1.29, 1.82) is 0 Å². The number of carbonyl (C=O) groups excluding carboxylic acids is 1. The van der Waals surface area contributed by atoms with E-state index in [0.29, 0.717) is 34.4 Å². The Morgan fingerprint density at radius 3 is 1.23 bits per heavy atom. The van der Waals surface area contributed by atoms with Crippen molar-refractivity contribution in [3.8, 4) is 0 Å². The summed E-state index contributed by atoms with van der Waals surface area (Å²) in [6.07, 6.45) is 0. The van der Waals surface area contributed by atoms with E-state index in [1.165, 1.54) is 22.3 Å². The van der Waals surface area contributed by atoms with Crippen LogP contribution < -0.4 is 5.32 Å². The second-order valence-corrected chi connectivity index (χ2v) is 29.4. The minimum absolute atomic E-state index is 0.0504. The van der Waals surface area contributed by atoms with E-state index in [4.69, 9.17) is 72.8 Å². The Kier molecular flexibility index (Phi) is 16.7. The third kappa shape index (κ3) is 15.0. The molecule has 48 heavy (non-hydrogen) atoms. The topological polar surface area (TPSA) is 41.5 Å². The normalized spacial score (nSPS) is 12.5. The Balaban J connectivity index is 0.000000286. The summed E-state index contributed by atoms with van der Waals surface area (Å²) in [4.78, 5) is 17.2. The predicted molar refractivity (Wildman–Crippen MR) is 218 cm³/mol. The molecule has 10 heteroatoms. The second kappa shape index (κ2) is 19.0. The van der Waals surface area contributed by atoms with Crippen molar-refractivity contribution in [1.82, 2.24) is 0 Å². The molecule has 0 saturated heterocycles. The monoisotopic (exact) mass is 786 g/mol. The average molecular weight is 789 g/mol. The molecule has 0 heterocycles. The van der Waals surface area contributed by atoms with Gasteiger partial charge in [-0.3, -0.25) is 4.79 Å². The van der Waals surface area contributed by atoms with E-state index in [0.717, 1.165) is 16.9 Å². The summed E-state index contributed by atoms with van der Waals surface area (Å²) in [5, 5.41) is 3.67. The number of hydrogen-bond donors (Lipinski definition) is 1. The molecule has 260 valence electrons. The van der Waals surface area contributed by atoms with Crippen LogP contribution in [0.3, 0.4) is 0 Å². The molecule has 0 atom stereocenters. The van der Waals surface area contributed by atoms with Gasteiger partial charge in [0.05, 0.1) is 5.69 Å². The fourth-order valence-corrected chi connectivity index (χ4v) is 5.06. The zero-order valence-electron chi connectivity index (χ0n) is 28.6. The number of hydrogen-bond acceptors (Lipinski definition) is 2. The van der Waals surface area contributed by atoms with Gasteiger partial charge in [0.15, 0.2) is 0 Å². The van der Waals surface area contributed by atoms with Crippen LogP contribution in [0.5, 0.6) is 0 Å². The molecule has 0 aromatic heterocycles. The Labute approximate surface area is 316 Å². The molecular weight excluding hydrogens is 744 g/mol. The number of para-hydroxylation sites is 2. The van der Waals surface area contributed by atoms with Crippen molar-refractivity contribution in [3.63, 3.8) is 0 Å². The predicted octanol–water partition coefficient (Wildman–Crippen LogP) is 15.7. The van der Waals surface area contributed by atoms with E-state index in [2.05, 4.69) is 97.1 Å². The summed E-state index contributed by atoms with van der Waals surface area (Å²) < 4.78 is -3.69. The maximum absolute atomic E-state index is 12.5. The number of nitrogens with one attached hydrogen (secondary N) is 1. The van der Waals surface area contributed by atoms with Crippen LogP contribution in [0.2, 0.25) is 0 Å². The fraction of sp³-hybridized carbons (Fsp3) is 0.316. The van der Waals surface area contributed by atoms with Crippen LogP contribution in [0.1, 0.15) is 117 Å². The van der Waals surface area contributed by atoms with E-state index in [1.807, 2.05) is 60.7 Å². The molecule has 4 aromatic rings. The van der Waals surface area contributed by atoms with Gasteiger partial charge < -0.3 is 5.32 Å². The van der Waals surface area contributed by atoms with Crippen molar-refractivity contribution >= 4 is 93.6 Å². The van der Waals surface area contributed by atoms with Crippen molar-refractivity contribution < 1.29 is 4.79 Å². The molecule has 1 amide bonds. The molecule has 1 N–H and O–H groups in total. The molecule has 4 aromatic carbocycles. The van der Waals surface area contributed by atoms with Crippen LogP contribution in [-0.4, -0.2) is 11.1 Å².